The fourth-order valence-electron chi connectivity index (χ4n) is 4.35. The molecule has 9 nitrogen and oxygen atoms in total. The van der Waals surface area contributed by atoms with Crippen LogP contribution in [0.3, 0.4) is 0 Å². The van der Waals surface area contributed by atoms with Crippen molar-refractivity contribution in [2.24, 2.45) is 12.1 Å². The minimum absolute atomic E-state index is 0.0937. The van der Waals surface area contributed by atoms with Gasteiger partial charge in [-0.1, -0.05) is 48.5 Å². The van der Waals surface area contributed by atoms with Gasteiger partial charge in [-0.2, -0.15) is 5.10 Å². The van der Waals surface area contributed by atoms with Crippen molar-refractivity contribution in [2.75, 3.05) is 5.01 Å². The number of nitrogens with zero attached hydrogens (tertiary/aromatic N) is 6. The lowest BCUT2D eigenvalue weighted by Gasteiger charge is -2.23. The zero-order valence-corrected chi connectivity index (χ0v) is 19.6. The van der Waals surface area contributed by atoms with E-state index >= 15 is 0 Å². The number of hydrogen-bond donors (Lipinski definition) is 0. The summed E-state index contributed by atoms with van der Waals surface area (Å²) in [6.45, 7) is -0.0937. The highest BCUT2D eigenvalue weighted by Crippen LogP contribution is 2.35. The molecule has 0 radical (unpaired) electrons. The zero-order valence-electron chi connectivity index (χ0n) is 18.7. The smallest absolute Gasteiger partial charge is 0.355 e. The summed E-state index contributed by atoms with van der Waals surface area (Å²) in [5.74, 6) is 0.322. The topological polar surface area (TPSA) is 94.1 Å². The number of anilines is 1. The highest BCUT2D eigenvalue weighted by atomic mass is 32.1. The predicted octanol–water partition coefficient (Wildman–Crippen LogP) is 3.69. The number of hydrazone groups is 1. The second-order valence-corrected chi connectivity index (χ2v) is 9.10. The molecule has 3 aromatic heterocycles. The SMILES string of the molecule is Cn1c(=O)c2sccc2n2c(COC(=O)C3=NN(c4ccccc4)C(c4ccccc4)C3)nnc12. The number of ether oxygens (including phenoxy) is 1. The van der Waals surface area contributed by atoms with E-state index in [9.17, 15) is 9.59 Å². The molecule has 0 aliphatic carbocycles. The lowest BCUT2D eigenvalue weighted by molar-refractivity contribution is -0.137. The normalized spacial score (nSPS) is 15.6. The first-order valence-electron chi connectivity index (χ1n) is 11.1. The van der Waals surface area contributed by atoms with Crippen molar-refractivity contribution < 1.29 is 9.53 Å². The molecule has 1 aliphatic heterocycles. The molecule has 0 amide bonds. The van der Waals surface area contributed by atoms with Crippen molar-refractivity contribution in [3.05, 3.63) is 93.9 Å². The van der Waals surface area contributed by atoms with Gasteiger partial charge in [0.1, 0.15) is 10.4 Å². The third-order valence-electron chi connectivity index (χ3n) is 6.08. The van der Waals surface area contributed by atoms with Gasteiger partial charge in [-0.15, -0.1) is 21.5 Å². The quantitative estimate of drug-likeness (QED) is 0.353. The zero-order chi connectivity index (χ0) is 23.9. The first kappa shape index (κ1) is 21.2. The number of thiophene rings is 1. The predicted molar refractivity (Wildman–Crippen MR) is 134 cm³/mol. The van der Waals surface area contributed by atoms with E-state index in [1.54, 1.807) is 11.4 Å². The molecule has 1 aliphatic rings. The largest absolute Gasteiger partial charge is 0.453 e. The number of hydrogen-bond acceptors (Lipinski definition) is 8. The lowest BCUT2D eigenvalue weighted by Crippen LogP contribution is -2.20. The fraction of sp³-hybridized carbons (Fsp3) is 0.160. The maximum Gasteiger partial charge on any atom is 0.355 e. The highest BCUT2D eigenvalue weighted by Gasteiger charge is 2.33. The standard InChI is InChI=1S/C25H20N6O3S/c1-29-23(32)22-19(12-13-35-22)30-21(26-27-25(29)30)15-34-24(33)18-14-20(16-8-4-2-5-9-16)31(28-18)17-10-6-3-7-11-17/h2-13,20H,14-15H2,1H3. The number of benzene rings is 2. The molecule has 1 atom stereocenters. The van der Waals surface area contributed by atoms with E-state index in [4.69, 9.17) is 4.74 Å². The van der Waals surface area contributed by atoms with E-state index in [-0.39, 0.29) is 18.2 Å². The Balaban J connectivity index is 1.28. The van der Waals surface area contributed by atoms with Gasteiger partial charge in [0.25, 0.3) is 5.56 Å². The van der Waals surface area contributed by atoms with Gasteiger partial charge >= 0.3 is 5.97 Å². The van der Waals surface area contributed by atoms with Gasteiger partial charge in [-0.05, 0) is 29.1 Å². The number of carbonyl (C=O) groups is 1. The third-order valence-corrected chi connectivity index (χ3v) is 6.97. The summed E-state index contributed by atoms with van der Waals surface area (Å²) in [5, 5.41) is 16.7. The van der Waals surface area contributed by atoms with Crippen LogP contribution in [0.4, 0.5) is 5.69 Å². The van der Waals surface area contributed by atoms with Gasteiger partial charge in [-0.3, -0.25) is 18.8 Å². The average Bonchev–Trinajstić information content (AvgIpc) is 3.65. The summed E-state index contributed by atoms with van der Waals surface area (Å²) in [5.41, 5.74) is 2.86. The Morgan fingerprint density at radius 3 is 2.57 bits per heavy atom. The van der Waals surface area contributed by atoms with Crippen molar-refractivity contribution in [3.8, 4) is 0 Å². The van der Waals surface area contributed by atoms with Crippen molar-refractivity contribution in [1.29, 1.82) is 0 Å². The highest BCUT2D eigenvalue weighted by molar-refractivity contribution is 7.17. The molecule has 10 heteroatoms. The van der Waals surface area contributed by atoms with Gasteiger partial charge in [-0.25, -0.2) is 4.79 Å². The van der Waals surface area contributed by atoms with Crippen LogP contribution in [0.2, 0.25) is 0 Å². The molecular formula is C25H20N6O3S. The van der Waals surface area contributed by atoms with Gasteiger partial charge in [0.15, 0.2) is 12.4 Å². The van der Waals surface area contributed by atoms with E-state index in [0.29, 0.717) is 34.0 Å². The second-order valence-electron chi connectivity index (χ2n) is 8.18. The van der Waals surface area contributed by atoms with Crippen molar-refractivity contribution in [3.63, 3.8) is 0 Å². The summed E-state index contributed by atoms with van der Waals surface area (Å²) in [7, 11) is 1.65. The van der Waals surface area contributed by atoms with Crippen LogP contribution < -0.4 is 10.6 Å². The number of carbonyl (C=O) groups excluding carboxylic acids is 1. The first-order valence-corrected chi connectivity index (χ1v) is 11.9. The molecular weight excluding hydrogens is 464 g/mol. The van der Waals surface area contributed by atoms with Crippen LogP contribution in [-0.2, 0) is 23.2 Å². The van der Waals surface area contributed by atoms with Crippen LogP contribution in [0.25, 0.3) is 16.0 Å². The molecule has 5 aromatic rings. The summed E-state index contributed by atoms with van der Waals surface area (Å²) >= 11 is 1.35. The average molecular weight is 485 g/mol. The summed E-state index contributed by atoms with van der Waals surface area (Å²) in [6, 6.07) is 21.5. The number of para-hydroxylation sites is 1. The van der Waals surface area contributed by atoms with E-state index in [2.05, 4.69) is 15.3 Å². The maximum absolute atomic E-state index is 13.1. The molecule has 0 spiro atoms. The van der Waals surface area contributed by atoms with Gasteiger partial charge in [0, 0.05) is 13.5 Å². The molecule has 0 bridgehead atoms. The van der Waals surface area contributed by atoms with Crippen molar-refractivity contribution in [2.45, 2.75) is 19.1 Å². The number of esters is 1. The van der Waals surface area contributed by atoms with Crippen LogP contribution in [0, 0.1) is 0 Å². The maximum atomic E-state index is 13.1. The number of rotatable bonds is 5. The molecule has 174 valence electrons. The van der Waals surface area contributed by atoms with E-state index < -0.39 is 5.97 Å². The second kappa shape index (κ2) is 8.48. The molecule has 0 N–H and O–H groups in total. The van der Waals surface area contributed by atoms with Crippen LogP contribution in [0.1, 0.15) is 23.9 Å². The molecule has 35 heavy (non-hydrogen) atoms. The van der Waals surface area contributed by atoms with Gasteiger partial charge < -0.3 is 4.74 Å². The molecule has 4 heterocycles. The Bertz CT molecular complexity index is 1640. The Morgan fingerprint density at radius 1 is 1.06 bits per heavy atom. The minimum Gasteiger partial charge on any atom is -0.453 e. The van der Waals surface area contributed by atoms with Crippen molar-refractivity contribution in [1.82, 2.24) is 19.2 Å². The van der Waals surface area contributed by atoms with E-state index in [1.807, 2.05) is 77.1 Å². The van der Waals surface area contributed by atoms with Crippen LogP contribution >= 0.6 is 11.3 Å². The molecule has 0 saturated carbocycles. The van der Waals surface area contributed by atoms with E-state index in [0.717, 1.165) is 11.3 Å². The minimum atomic E-state index is -0.507. The molecule has 1 unspecified atom stereocenters. The van der Waals surface area contributed by atoms with E-state index in [1.165, 1.54) is 15.9 Å². The van der Waals surface area contributed by atoms with Gasteiger partial charge in [0.2, 0.25) is 5.78 Å². The molecule has 2 aromatic carbocycles. The Labute approximate surface area is 203 Å². The summed E-state index contributed by atoms with van der Waals surface area (Å²) < 4.78 is 9.43. The first-order chi connectivity index (χ1) is 17.1. The van der Waals surface area contributed by atoms with Crippen LogP contribution in [-0.4, -0.2) is 30.8 Å². The Morgan fingerprint density at radius 2 is 1.80 bits per heavy atom. The van der Waals surface area contributed by atoms with Gasteiger partial charge in [0.05, 0.1) is 17.2 Å². The Hall–Kier alpha value is -4.31. The monoisotopic (exact) mass is 484 g/mol. The third kappa shape index (κ3) is 3.58. The Kier molecular flexibility index (Phi) is 5.14. The number of aryl methyl sites for hydroxylation is 1. The molecule has 6 rings (SSSR count). The fourth-order valence-corrected chi connectivity index (χ4v) is 5.20. The number of aromatic nitrogens is 4. The lowest BCUT2D eigenvalue weighted by atomic mass is 10.0. The summed E-state index contributed by atoms with van der Waals surface area (Å²) in [6.07, 6.45) is 0.418. The van der Waals surface area contributed by atoms with Crippen LogP contribution in [0.15, 0.2) is 82.0 Å². The van der Waals surface area contributed by atoms with Crippen molar-refractivity contribution >= 4 is 44.7 Å². The molecule has 0 saturated heterocycles. The molecule has 0 fully saturated rings. The van der Waals surface area contributed by atoms with Crippen LogP contribution in [0.5, 0.6) is 0 Å². The number of fused-ring (bicyclic) bond motifs is 3. The summed E-state index contributed by atoms with van der Waals surface area (Å²) in [4.78, 5) is 25.6.